The summed E-state index contributed by atoms with van der Waals surface area (Å²) < 4.78 is 10.9. The molecule has 2 unspecified atom stereocenters. The van der Waals surface area contributed by atoms with E-state index >= 15 is 0 Å². The van der Waals surface area contributed by atoms with Gasteiger partial charge in [-0.25, -0.2) is 0 Å². The second kappa shape index (κ2) is 6.17. The molecule has 0 spiro atoms. The van der Waals surface area contributed by atoms with Gasteiger partial charge in [0.05, 0.1) is 6.04 Å². The maximum absolute atomic E-state index is 11.7. The van der Waals surface area contributed by atoms with Crippen molar-refractivity contribution in [1.29, 1.82) is 0 Å². The maximum atomic E-state index is 11.7. The molecule has 2 aromatic rings. The van der Waals surface area contributed by atoms with Crippen molar-refractivity contribution in [3.05, 3.63) is 59.7 Å². The van der Waals surface area contributed by atoms with Gasteiger partial charge in [0, 0.05) is 6.54 Å². The summed E-state index contributed by atoms with van der Waals surface area (Å²) >= 11 is 0. The van der Waals surface area contributed by atoms with Crippen LogP contribution < -0.4 is 9.47 Å². The Hall–Kier alpha value is -2.53. The van der Waals surface area contributed by atoms with Gasteiger partial charge in [-0.1, -0.05) is 36.4 Å². The van der Waals surface area contributed by atoms with Gasteiger partial charge in [0.2, 0.25) is 6.79 Å². The predicted octanol–water partition coefficient (Wildman–Crippen LogP) is 3.05. The molecule has 2 atom stereocenters. The van der Waals surface area contributed by atoms with Crippen LogP contribution in [0.5, 0.6) is 11.5 Å². The molecule has 5 heteroatoms. The molecule has 2 aliphatic heterocycles. The molecule has 1 saturated heterocycles. The molecule has 1 fully saturated rings. The summed E-state index contributed by atoms with van der Waals surface area (Å²) in [4.78, 5) is 13.8. The Balaban J connectivity index is 1.78. The van der Waals surface area contributed by atoms with Crippen LogP contribution in [-0.2, 0) is 4.79 Å². The molecule has 2 aliphatic rings. The summed E-state index contributed by atoms with van der Waals surface area (Å²) in [6.07, 6.45) is 1.58. The number of likely N-dealkylation sites (tertiary alicyclic amines) is 1. The van der Waals surface area contributed by atoms with E-state index < -0.39 is 12.0 Å². The lowest BCUT2D eigenvalue weighted by Crippen LogP contribution is -2.39. The van der Waals surface area contributed by atoms with Crippen molar-refractivity contribution in [2.45, 2.75) is 24.9 Å². The van der Waals surface area contributed by atoms with Gasteiger partial charge in [0.25, 0.3) is 0 Å². The molecular formula is C19H19NO4. The van der Waals surface area contributed by atoms with Crippen LogP contribution in [0.4, 0.5) is 0 Å². The van der Waals surface area contributed by atoms with Gasteiger partial charge < -0.3 is 14.6 Å². The average Bonchev–Trinajstić information content (AvgIpc) is 3.25. The van der Waals surface area contributed by atoms with Crippen LogP contribution in [0, 0.1) is 0 Å². The van der Waals surface area contributed by atoms with Crippen molar-refractivity contribution in [2.24, 2.45) is 0 Å². The van der Waals surface area contributed by atoms with Crippen LogP contribution in [-0.4, -0.2) is 35.4 Å². The molecule has 0 amide bonds. The topological polar surface area (TPSA) is 59.0 Å². The third-order valence-electron chi connectivity index (χ3n) is 4.74. The molecule has 4 rings (SSSR count). The zero-order chi connectivity index (χ0) is 16.5. The number of carboxylic acids is 1. The highest BCUT2D eigenvalue weighted by molar-refractivity contribution is 5.74. The fraction of sp³-hybridized carbons (Fsp3) is 0.316. The number of rotatable bonds is 4. The Morgan fingerprint density at radius 3 is 2.67 bits per heavy atom. The van der Waals surface area contributed by atoms with E-state index in [2.05, 4.69) is 4.90 Å². The minimum absolute atomic E-state index is 0.107. The minimum atomic E-state index is -0.755. The number of aliphatic carboxylic acids is 1. The normalized spacial score (nSPS) is 20.9. The third-order valence-corrected chi connectivity index (χ3v) is 4.74. The Bertz CT molecular complexity index is 746. The molecule has 1 N–H and O–H groups in total. The molecule has 0 aromatic heterocycles. The van der Waals surface area contributed by atoms with Crippen molar-refractivity contribution in [1.82, 2.24) is 4.90 Å². The number of benzene rings is 2. The lowest BCUT2D eigenvalue weighted by atomic mass is 9.96. The zero-order valence-electron chi connectivity index (χ0n) is 13.2. The highest BCUT2D eigenvalue weighted by Crippen LogP contribution is 2.40. The second-order valence-corrected chi connectivity index (χ2v) is 6.16. The highest BCUT2D eigenvalue weighted by Gasteiger charge is 2.37. The van der Waals surface area contributed by atoms with Crippen LogP contribution in [0.3, 0.4) is 0 Å². The molecule has 2 heterocycles. The number of carbonyl (C=O) groups is 1. The first-order valence-corrected chi connectivity index (χ1v) is 8.17. The van der Waals surface area contributed by atoms with Gasteiger partial charge in [0.1, 0.15) is 6.04 Å². The molecule has 2 aromatic carbocycles. The molecule has 5 nitrogen and oxygen atoms in total. The zero-order valence-corrected chi connectivity index (χ0v) is 13.2. The molecule has 24 heavy (non-hydrogen) atoms. The van der Waals surface area contributed by atoms with Crippen molar-refractivity contribution >= 4 is 5.97 Å². The lowest BCUT2D eigenvalue weighted by molar-refractivity contribution is -0.142. The van der Waals surface area contributed by atoms with Crippen LogP contribution in [0.2, 0.25) is 0 Å². The number of hydrogen-bond acceptors (Lipinski definition) is 4. The van der Waals surface area contributed by atoms with E-state index in [-0.39, 0.29) is 12.8 Å². The lowest BCUT2D eigenvalue weighted by Gasteiger charge is -2.32. The Labute approximate surface area is 140 Å². The first kappa shape index (κ1) is 15.0. The summed E-state index contributed by atoms with van der Waals surface area (Å²) in [6, 6.07) is 15.4. The van der Waals surface area contributed by atoms with Crippen LogP contribution in [0.1, 0.15) is 30.0 Å². The van der Waals surface area contributed by atoms with E-state index in [9.17, 15) is 9.90 Å². The number of fused-ring (bicyclic) bond motifs is 1. The summed E-state index contributed by atoms with van der Waals surface area (Å²) in [5.74, 6) is 0.704. The van der Waals surface area contributed by atoms with Crippen molar-refractivity contribution < 1.29 is 19.4 Å². The summed E-state index contributed by atoms with van der Waals surface area (Å²) in [7, 11) is 0. The van der Waals surface area contributed by atoms with Gasteiger partial charge in [-0.05, 0) is 36.1 Å². The molecule has 0 radical (unpaired) electrons. The monoisotopic (exact) mass is 325 g/mol. The van der Waals surface area contributed by atoms with Crippen LogP contribution >= 0.6 is 0 Å². The van der Waals surface area contributed by atoms with Crippen molar-refractivity contribution in [2.75, 3.05) is 13.3 Å². The van der Waals surface area contributed by atoms with Crippen molar-refractivity contribution in [3.63, 3.8) is 0 Å². The summed E-state index contributed by atoms with van der Waals surface area (Å²) in [6.45, 7) is 1.00. The largest absolute Gasteiger partial charge is 0.480 e. The molecular weight excluding hydrogens is 306 g/mol. The van der Waals surface area contributed by atoms with Crippen LogP contribution in [0.25, 0.3) is 0 Å². The van der Waals surface area contributed by atoms with E-state index in [0.29, 0.717) is 6.42 Å². The quantitative estimate of drug-likeness (QED) is 0.936. The number of nitrogens with zero attached hydrogens (tertiary/aromatic N) is 1. The van der Waals surface area contributed by atoms with Gasteiger partial charge in [-0.3, -0.25) is 9.69 Å². The highest BCUT2D eigenvalue weighted by atomic mass is 16.7. The Morgan fingerprint density at radius 2 is 1.88 bits per heavy atom. The third kappa shape index (κ3) is 2.61. The first-order valence-electron chi connectivity index (χ1n) is 8.17. The van der Waals surface area contributed by atoms with Crippen molar-refractivity contribution in [3.8, 4) is 11.5 Å². The molecule has 124 valence electrons. The fourth-order valence-corrected chi connectivity index (χ4v) is 3.66. The van der Waals surface area contributed by atoms with E-state index in [4.69, 9.17) is 9.47 Å². The number of carboxylic acid groups (broad SMARTS) is 1. The summed E-state index contributed by atoms with van der Waals surface area (Å²) in [5, 5.41) is 9.59. The van der Waals surface area contributed by atoms with E-state index in [1.165, 1.54) is 0 Å². The van der Waals surface area contributed by atoms with Gasteiger partial charge in [-0.15, -0.1) is 0 Å². The summed E-state index contributed by atoms with van der Waals surface area (Å²) in [5.41, 5.74) is 2.11. The van der Waals surface area contributed by atoms with E-state index in [1.54, 1.807) is 0 Å². The predicted molar refractivity (Wildman–Crippen MR) is 88.2 cm³/mol. The van der Waals surface area contributed by atoms with Gasteiger partial charge in [-0.2, -0.15) is 0 Å². The Kier molecular flexibility index (Phi) is 3.86. The van der Waals surface area contributed by atoms with E-state index in [1.807, 2.05) is 48.5 Å². The number of ether oxygens (including phenoxy) is 2. The smallest absolute Gasteiger partial charge is 0.320 e. The standard InChI is InChI=1S/C19H19NO4/c21-19(22)15-7-4-10-20(15)18(13-5-2-1-3-6-13)14-8-9-16-17(11-14)24-12-23-16/h1-3,5-6,8-9,11,15,18H,4,7,10,12H2,(H,21,22). The fourth-order valence-electron chi connectivity index (χ4n) is 3.66. The maximum Gasteiger partial charge on any atom is 0.320 e. The van der Waals surface area contributed by atoms with Crippen LogP contribution in [0.15, 0.2) is 48.5 Å². The average molecular weight is 325 g/mol. The van der Waals surface area contributed by atoms with Gasteiger partial charge in [0.15, 0.2) is 11.5 Å². The first-order chi connectivity index (χ1) is 11.7. The molecule has 0 aliphatic carbocycles. The Morgan fingerprint density at radius 1 is 1.08 bits per heavy atom. The minimum Gasteiger partial charge on any atom is -0.480 e. The SMILES string of the molecule is O=C(O)C1CCCN1C(c1ccccc1)c1ccc2c(c1)OCO2. The van der Waals surface area contributed by atoms with E-state index in [0.717, 1.165) is 35.6 Å². The van der Waals surface area contributed by atoms with Gasteiger partial charge >= 0.3 is 5.97 Å². The number of hydrogen-bond donors (Lipinski definition) is 1. The molecule has 0 saturated carbocycles. The molecule has 0 bridgehead atoms. The second-order valence-electron chi connectivity index (χ2n) is 6.16.